The summed E-state index contributed by atoms with van der Waals surface area (Å²) >= 11 is 22.7. The molecule has 114 heavy (non-hydrogen) atoms. The van der Waals surface area contributed by atoms with Gasteiger partial charge >= 0.3 is 0 Å². The first-order valence-corrected chi connectivity index (χ1v) is 37.1. The van der Waals surface area contributed by atoms with Crippen LogP contribution >= 0.6 is 48.9 Å². The Kier molecular flexibility index (Phi) is 19.8. The van der Waals surface area contributed by atoms with E-state index >= 15 is 0 Å². The molecule has 24 nitrogen and oxygen atoms in total. The number of hydrogen-bond donors (Lipinski definition) is 4. The third kappa shape index (κ3) is 14.6. The molecule has 0 bridgehead atoms. The van der Waals surface area contributed by atoms with Crippen molar-refractivity contribution < 1.29 is 52.1 Å². The van der Waals surface area contributed by atoms with Gasteiger partial charge in [0.1, 0.15) is 22.2 Å². The van der Waals surface area contributed by atoms with Gasteiger partial charge in [0.2, 0.25) is 0 Å². The molecule has 576 valence electrons. The van der Waals surface area contributed by atoms with Gasteiger partial charge in [-0.2, -0.15) is 0 Å². The van der Waals surface area contributed by atoms with Gasteiger partial charge in [-0.25, -0.2) is 19.4 Å². The number of rotatable bonds is 12. The minimum atomic E-state index is -2.67. The molecule has 8 aromatic carbocycles. The van der Waals surface area contributed by atoms with E-state index in [0.29, 0.717) is 105 Å². The maximum atomic E-state index is 13.5. The molecule has 6 aliphatic rings. The van der Waals surface area contributed by atoms with Crippen LogP contribution in [0.3, 0.4) is 0 Å². The van der Waals surface area contributed by atoms with Crippen LogP contribution in [0.15, 0.2) is 170 Å². The lowest BCUT2D eigenvalue weighted by atomic mass is 9.75. The van der Waals surface area contributed by atoms with Crippen molar-refractivity contribution in [1.82, 2.24) is 21.3 Å². The van der Waals surface area contributed by atoms with Crippen LogP contribution < -0.4 is 60.5 Å². The maximum Gasteiger partial charge on any atom is 0.259 e. The van der Waals surface area contributed by atoms with E-state index in [1.54, 1.807) is 165 Å². The van der Waals surface area contributed by atoms with Gasteiger partial charge in [0.25, 0.3) is 47.3 Å². The van der Waals surface area contributed by atoms with E-state index < -0.39 is 47.9 Å². The molecule has 14 rings (SSSR count). The Hall–Kier alpha value is -13.0. The molecule has 0 atom stereocenters. The predicted octanol–water partition coefficient (Wildman–Crippen LogP) is 15.6. The van der Waals surface area contributed by atoms with E-state index in [4.69, 9.17) is 88.9 Å². The first kappa shape index (κ1) is 69.0. The van der Waals surface area contributed by atoms with Crippen LogP contribution in [0.25, 0.3) is 19.4 Å². The molecule has 6 fully saturated rings. The normalized spacial score (nSPS) is 17.9. The minimum Gasteiger partial charge on any atom is -0.355 e. The first-order valence-electron chi connectivity index (χ1n) is 40.4. The Labute approximate surface area is 697 Å². The topological polar surface area (TPSA) is 228 Å². The fourth-order valence-corrected chi connectivity index (χ4v) is 16.1. The summed E-state index contributed by atoms with van der Waals surface area (Å²) in [5, 5.41) is 9.85. The molecule has 2 aliphatic carbocycles. The molecule has 8 aromatic rings. The molecular formula is C86H80N16O8S4. The van der Waals surface area contributed by atoms with Gasteiger partial charge in [0, 0.05) is 104 Å². The summed E-state index contributed by atoms with van der Waals surface area (Å²) in [6.45, 7) is 37.7. The zero-order chi connectivity index (χ0) is 91.3. The van der Waals surface area contributed by atoms with Crippen LogP contribution in [-0.4, -0.2) is 118 Å². The lowest BCUT2D eigenvalue weighted by molar-refractivity contribution is -0.124. The molecule has 8 amide bonds. The summed E-state index contributed by atoms with van der Waals surface area (Å²) in [6, 6.07) is 38.5. The second-order valence-electron chi connectivity index (χ2n) is 28.2. The van der Waals surface area contributed by atoms with Crippen LogP contribution in [0.4, 0.5) is 68.2 Å². The Morgan fingerprint density at radius 3 is 0.798 bits per heavy atom. The van der Waals surface area contributed by atoms with Gasteiger partial charge in [-0.15, -0.1) is 0 Å². The number of thiocarbonyl (C=S) groups is 4. The maximum absolute atomic E-state index is 13.5. The fourth-order valence-electron chi connectivity index (χ4n) is 14.1. The van der Waals surface area contributed by atoms with E-state index in [1.807, 2.05) is 29.4 Å². The monoisotopic (exact) mass is 1600 g/mol. The smallest absolute Gasteiger partial charge is 0.259 e. The van der Waals surface area contributed by atoms with E-state index in [9.17, 15) is 38.4 Å². The molecule has 4 saturated heterocycles. The van der Waals surface area contributed by atoms with E-state index in [1.165, 1.54) is 70.1 Å². The number of amides is 8. The Morgan fingerprint density at radius 1 is 0.360 bits per heavy atom. The van der Waals surface area contributed by atoms with Crippen molar-refractivity contribution in [2.45, 2.75) is 116 Å². The minimum absolute atomic E-state index is 0.0450. The molecule has 28 heteroatoms. The number of nitrogens with one attached hydrogen (secondary N) is 4. The highest BCUT2D eigenvalue weighted by Gasteiger charge is 2.61. The fraction of sp³-hybridized carbons (Fsp3) is 0.256. The molecule has 4 heterocycles. The summed E-state index contributed by atoms with van der Waals surface area (Å²) < 4.78 is 76.0. The average molecular weight is 1600 g/mol. The number of nitrogens with zero attached hydrogens (tertiary/aromatic N) is 12. The van der Waals surface area contributed by atoms with Crippen molar-refractivity contribution in [2.24, 2.45) is 0 Å². The number of benzene rings is 8. The molecule has 2 saturated carbocycles. The first-order chi connectivity index (χ1) is 58.2. The average Bonchev–Trinajstić information content (AvgIpc) is 1.56. The Bertz CT molecular complexity index is 6110. The summed E-state index contributed by atoms with van der Waals surface area (Å²) in [7, 11) is 3.03. The van der Waals surface area contributed by atoms with Crippen molar-refractivity contribution >= 4 is 185 Å². The lowest BCUT2D eigenvalue weighted by Gasteiger charge is -2.43. The van der Waals surface area contributed by atoms with Crippen LogP contribution in [0.2, 0.25) is 0 Å². The molecular weight excluding hydrogens is 1510 g/mol. The second kappa shape index (κ2) is 32.8. The summed E-state index contributed by atoms with van der Waals surface area (Å²) in [5.74, 6) is -3.19. The van der Waals surface area contributed by atoms with Gasteiger partial charge in [0.05, 0.1) is 31.8 Å². The summed E-state index contributed by atoms with van der Waals surface area (Å²) in [6.07, 6.45) is 4.30. The van der Waals surface area contributed by atoms with Crippen LogP contribution in [0.1, 0.15) is 144 Å². The quantitative estimate of drug-likeness (QED) is 0.0658. The molecule has 2 spiro atoms. The van der Waals surface area contributed by atoms with Crippen LogP contribution in [0.5, 0.6) is 0 Å². The van der Waals surface area contributed by atoms with Crippen molar-refractivity contribution in [3.8, 4) is 0 Å². The van der Waals surface area contributed by atoms with Gasteiger partial charge in [-0.05, 0) is 311 Å². The molecule has 0 aromatic heterocycles. The number of anilines is 8. The highest BCUT2D eigenvalue weighted by molar-refractivity contribution is 7.81. The Balaban J connectivity index is 0.000000161. The lowest BCUT2D eigenvalue weighted by Crippen LogP contribution is -2.55. The zero-order valence-electron chi connectivity index (χ0n) is 73.4. The highest BCUT2D eigenvalue weighted by Crippen LogP contribution is 2.51. The standard InChI is InChI=1S/2C22H20N4O2S.2C21H20N4O2S/c2*1-14-13-17(9-10-18(14)23-2)25-20(28)22(11-4-12-22)26(21(25)29)16-7-5-15(6-8-16)19(27)24-3;2*1-13-12-16(10-11-17(13)22-4)24-19(27)21(2,3)25(20(24)28)15-8-6-14(7-9-15)18(26)23-5/h2*5-10,13H,4,11-12H2,1,3H3,(H,24,27);2*6-12H,1-3,5H3,(H,23,26)/i3D3,5D;5D;5D3,6D;6D. The van der Waals surface area contributed by atoms with Crippen molar-refractivity contribution in [1.29, 1.82) is 0 Å². The van der Waals surface area contributed by atoms with Gasteiger partial charge in [0.15, 0.2) is 43.2 Å². The third-order valence-electron chi connectivity index (χ3n) is 20.6. The SMILES string of the molecule is [2H]c1cc(N2C(=S)N(c3ccc([N+]#[C-])c(C)c3)C(=O)C2(C)C)ccc1C(=O)NC.[2H]c1cc(N2C(=S)N(c3ccc([N+]#[C-])c(C)c3)C(=O)C2(C)C)ccc1C(=O)NC([2H])([2H])[2H].[2H]c1cc(N2C(=S)N(c3ccc([N+]#[C-])c(C)c3)C(=O)C23CCC3)ccc1C(=O)NC.[2H]c1cc(N2C(=S)N(c3ccc([N+]#[C-])c(C)c3)C(=O)C23CCC3)ccc1C(=O)NC([2H])([2H])[2H]. The van der Waals surface area contributed by atoms with Gasteiger partial charge < -0.3 is 40.9 Å². The van der Waals surface area contributed by atoms with Crippen molar-refractivity contribution in [2.75, 3.05) is 67.2 Å². The highest BCUT2D eigenvalue weighted by atomic mass is 32.1. The number of carbonyl (C=O) groups is 8. The summed E-state index contributed by atoms with van der Waals surface area (Å²) in [5.41, 5.74) is 6.06. The number of carbonyl (C=O) groups excluding carboxylic acids is 8. The van der Waals surface area contributed by atoms with Crippen molar-refractivity contribution in [3.63, 3.8) is 0 Å². The van der Waals surface area contributed by atoms with Crippen LogP contribution in [0, 0.1) is 54.0 Å². The Morgan fingerprint density at radius 2 is 0.588 bits per heavy atom. The van der Waals surface area contributed by atoms with E-state index in [-0.39, 0.29) is 97.2 Å². The largest absolute Gasteiger partial charge is 0.355 e. The molecule has 0 radical (unpaired) electrons. The van der Waals surface area contributed by atoms with Crippen molar-refractivity contribution in [3.05, 3.63) is 260 Å². The predicted molar refractivity (Wildman–Crippen MR) is 461 cm³/mol. The molecule has 4 aliphatic heterocycles. The van der Waals surface area contributed by atoms with Crippen LogP contribution in [-0.2, 0) is 19.2 Å². The van der Waals surface area contributed by atoms with E-state index in [0.717, 1.165) is 29.5 Å². The third-order valence-corrected chi connectivity index (χ3v) is 22.1. The number of aryl methyl sites for hydroxylation is 4. The van der Waals surface area contributed by atoms with Gasteiger partial charge in [-0.3, -0.25) is 58.0 Å². The zero-order valence-corrected chi connectivity index (χ0v) is 66.6. The summed E-state index contributed by atoms with van der Waals surface area (Å²) in [4.78, 5) is 128. The number of hydrogen-bond acceptors (Lipinski definition) is 12. The van der Waals surface area contributed by atoms with E-state index in [2.05, 4.69) is 30.0 Å². The molecule has 0 unspecified atom stereocenters. The van der Waals surface area contributed by atoms with Gasteiger partial charge in [-0.1, -0.05) is 24.3 Å². The second-order valence-corrected chi connectivity index (χ2v) is 29.6. The molecule has 4 N–H and O–H groups in total.